The third-order valence-electron chi connectivity index (χ3n) is 6.71. The van der Waals surface area contributed by atoms with E-state index >= 15 is 0 Å². The number of hydrogen-bond donors (Lipinski definition) is 5. The summed E-state index contributed by atoms with van der Waals surface area (Å²) in [7, 11) is 4.48. The summed E-state index contributed by atoms with van der Waals surface area (Å²) >= 11 is 0. The van der Waals surface area contributed by atoms with Crippen LogP contribution in [0.15, 0.2) is 0 Å². The van der Waals surface area contributed by atoms with Gasteiger partial charge in [0.05, 0.1) is 18.3 Å². The molecule has 3 aliphatic rings. The highest BCUT2D eigenvalue weighted by Gasteiger charge is 2.53. The van der Waals surface area contributed by atoms with Crippen molar-refractivity contribution in [2.24, 2.45) is 0 Å². The van der Waals surface area contributed by atoms with Gasteiger partial charge in [0.1, 0.15) is 54.9 Å². The maximum atomic E-state index is 11.0. The predicted octanol–water partition coefficient (Wildman–Crippen LogP) is -2.53. The molecule has 13 heteroatoms. The smallest absolute Gasteiger partial charge is 0.187 e. The third-order valence-corrected chi connectivity index (χ3v) is 6.71. The van der Waals surface area contributed by atoms with Crippen molar-refractivity contribution in [1.29, 1.82) is 0 Å². The van der Waals surface area contributed by atoms with Crippen molar-refractivity contribution in [1.82, 2.24) is 0 Å². The molecule has 5 N–H and O–H groups in total. The topological polar surface area (TPSA) is 175 Å². The molecule has 3 fully saturated rings. The second kappa shape index (κ2) is 11.7. The zero-order valence-corrected chi connectivity index (χ0v) is 20.2. The fourth-order valence-electron chi connectivity index (χ4n) is 4.68. The number of aliphatic hydroxyl groups is 5. The maximum Gasteiger partial charge on any atom is 0.187 e. The summed E-state index contributed by atoms with van der Waals surface area (Å²) in [6.45, 7) is 4.82. The van der Waals surface area contributed by atoms with Gasteiger partial charge in [-0.25, -0.2) is 0 Å². The minimum atomic E-state index is -1.60. The SMILES string of the molecule is CO[C@H]1[C@H](OC)[C@H](O[C@@H]2[C@@H](O)[C@H](C)O[C@@H](O[C@@H]3[C@@H](O)[C@H](C)OC(O)[C@@H]3O)[C@@H]2O)O[C@@H](C)[C@H]1OC. The molecular formula is C21H38O13. The van der Waals surface area contributed by atoms with E-state index < -0.39 is 92.1 Å². The van der Waals surface area contributed by atoms with Gasteiger partial charge >= 0.3 is 0 Å². The summed E-state index contributed by atoms with van der Waals surface area (Å²) in [5, 5.41) is 52.2. The van der Waals surface area contributed by atoms with Gasteiger partial charge in [0.15, 0.2) is 18.9 Å². The molecule has 0 bridgehead atoms. The fourth-order valence-corrected chi connectivity index (χ4v) is 4.68. The van der Waals surface area contributed by atoms with Gasteiger partial charge in [-0.1, -0.05) is 0 Å². The fraction of sp³-hybridized carbons (Fsp3) is 1.00. The first-order valence-electron chi connectivity index (χ1n) is 11.3. The Hall–Kier alpha value is -0.520. The van der Waals surface area contributed by atoms with Gasteiger partial charge in [0, 0.05) is 21.3 Å². The summed E-state index contributed by atoms with van der Waals surface area (Å²) < 4.78 is 44.8. The van der Waals surface area contributed by atoms with E-state index in [0.717, 1.165) is 0 Å². The van der Waals surface area contributed by atoms with Crippen molar-refractivity contribution < 1.29 is 63.4 Å². The Morgan fingerprint density at radius 3 is 1.50 bits per heavy atom. The van der Waals surface area contributed by atoms with E-state index in [1.165, 1.54) is 28.3 Å². The van der Waals surface area contributed by atoms with Crippen LogP contribution in [0.1, 0.15) is 20.8 Å². The molecule has 3 aliphatic heterocycles. The van der Waals surface area contributed by atoms with Crippen LogP contribution in [0.3, 0.4) is 0 Å². The summed E-state index contributed by atoms with van der Waals surface area (Å²) in [6, 6.07) is 0. The molecule has 1 unspecified atom stereocenters. The molecule has 0 aromatic rings. The van der Waals surface area contributed by atoms with Crippen LogP contribution >= 0.6 is 0 Å². The molecule has 3 heterocycles. The highest BCUT2D eigenvalue weighted by atomic mass is 16.7. The van der Waals surface area contributed by atoms with Crippen LogP contribution in [-0.4, -0.2) is 139 Å². The lowest BCUT2D eigenvalue weighted by Gasteiger charge is -2.48. The third kappa shape index (κ3) is 5.42. The molecule has 0 amide bonds. The predicted molar refractivity (Wildman–Crippen MR) is 111 cm³/mol. The second-order valence-corrected chi connectivity index (χ2v) is 8.92. The minimum Gasteiger partial charge on any atom is -0.388 e. The minimum absolute atomic E-state index is 0.445. The lowest BCUT2D eigenvalue weighted by molar-refractivity contribution is -0.375. The molecule has 0 aromatic carbocycles. The molecule has 13 nitrogen and oxygen atoms in total. The molecule has 34 heavy (non-hydrogen) atoms. The van der Waals surface area contributed by atoms with Gasteiger partial charge in [-0.05, 0) is 20.8 Å². The standard InChI is InChI=1S/C21H38O13/c1-7-10(22)15(12(24)19(26)30-7)33-20-13(25)16(11(23)8(2)31-20)34-21-18(29-6)17(28-5)14(27-4)9(3)32-21/h7-26H,1-6H3/t7-,8-,9-,10-,11-,12+,13+,14+,15+,16+,17+,18-,19?,20-,21-/m0/s1. The van der Waals surface area contributed by atoms with Gasteiger partial charge in [-0.2, -0.15) is 0 Å². The molecule has 0 aliphatic carbocycles. The van der Waals surface area contributed by atoms with Crippen LogP contribution < -0.4 is 0 Å². The molecule has 0 saturated carbocycles. The number of aliphatic hydroxyl groups excluding tert-OH is 5. The van der Waals surface area contributed by atoms with Crippen LogP contribution in [0.5, 0.6) is 0 Å². The van der Waals surface area contributed by atoms with Gasteiger partial charge < -0.3 is 63.4 Å². The van der Waals surface area contributed by atoms with Crippen molar-refractivity contribution in [3.05, 3.63) is 0 Å². The molecule has 15 atom stereocenters. The first-order chi connectivity index (χ1) is 16.0. The van der Waals surface area contributed by atoms with E-state index in [2.05, 4.69) is 0 Å². The Balaban J connectivity index is 1.77. The molecule has 0 aromatic heterocycles. The maximum absolute atomic E-state index is 11.0. The summed E-state index contributed by atoms with van der Waals surface area (Å²) in [5.74, 6) is 0. The number of hydrogen-bond acceptors (Lipinski definition) is 13. The van der Waals surface area contributed by atoms with E-state index in [4.69, 9.17) is 37.9 Å². The zero-order valence-electron chi connectivity index (χ0n) is 20.2. The average Bonchev–Trinajstić information content (AvgIpc) is 2.80. The Labute approximate surface area is 198 Å². The van der Waals surface area contributed by atoms with E-state index in [-0.39, 0.29) is 0 Å². The normalized spacial score (nSPS) is 52.5. The van der Waals surface area contributed by atoms with E-state index in [0.29, 0.717) is 0 Å². The highest BCUT2D eigenvalue weighted by molar-refractivity contribution is 4.95. The van der Waals surface area contributed by atoms with Crippen molar-refractivity contribution in [3.8, 4) is 0 Å². The average molecular weight is 499 g/mol. The first-order valence-corrected chi connectivity index (χ1v) is 11.3. The van der Waals surface area contributed by atoms with Crippen molar-refractivity contribution >= 4 is 0 Å². The Kier molecular flexibility index (Phi) is 9.64. The van der Waals surface area contributed by atoms with E-state index in [1.54, 1.807) is 13.8 Å². The van der Waals surface area contributed by atoms with E-state index in [9.17, 15) is 25.5 Å². The Morgan fingerprint density at radius 1 is 0.471 bits per heavy atom. The van der Waals surface area contributed by atoms with Gasteiger partial charge in [0.2, 0.25) is 0 Å². The Bertz CT molecular complexity index is 626. The van der Waals surface area contributed by atoms with Crippen molar-refractivity contribution in [2.45, 2.75) is 113 Å². The van der Waals surface area contributed by atoms with Crippen molar-refractivity contribution in [3.63, 3.8) is 0 Å². The molecule has 3 rings (SSSR count). The lowest BCUT2D eigenvalue weighted by Crippen LogP contribution is -2.65. The molecule has 3 saturated heterocycles. The summed E-state index contributed by atoms with van der Waals surface area (Å²) in [6.07, 6.45) is -16.3. The van der Waals surface area contributed by atoms with Crippen LogP contribution in [0, 0.1) is 0 Å². The number of rotatable bonds is 7. The number of ether oxygens (including phenoxy) is 8. The van der Waals surface area contributed by atoms with Crippen LogP contribution in [-0.2, 0) is 37.9 Å². The largest absolute Gasteiger partial charge is 0.388 e. The molecule has 0 spiro atoms. The summed E-state index contributed by atoms with van der Waals surface area (Å²) in [4.78, 5) is 0. The van der Waals surface area contributed by atoms with Gasteiger partial charge in [-0.15, -0.1) is 0 Å². The van der Waals surface area contributed by atoms with Gasteiger partial charge in [0.25, 0.3) is 0 Å². The van der Waals surface area contributed by atoms with Crippen LogP contribution in [0.4, 0.5) is 0 Å². The Morgan fingerprint density at radius 2 is 0.941 bits per heavy atom. The zero-order chi connectivity index (χ0) is 25.3. The van der Waals surface area contributed by atoms with Crippen LogP contribution in [0.25, 0.3) is 0 Å². The van der Waals surface area contributed by atoms with Gasteiger partial charge in [-0.3, -0.25) is 0 Å². The second-order valence-electron chi connectivity index (χ2n) is 8.92. The summed E-state index contributed by atoms with van der Waals surface area (Å²) in [5.41, 5.74) is 0. The number of methoxy groups -OCH3 is 3. The lowest BCUT2D eigenvalue weighted by atomic mass is 9.96. The monoisotopic (exact) mass is 498 g/mol. The molecular weight excluding hydrogens is 460 g/mol. The van der Waals surface area contributed by atoms with Crippen LogP contribution in [0.2, 0.25) is 0 Å². The first kappa shape index (κ1) is 28.1. The molecule has 200 valence electrons. The van der Waals surface area contributed by atoms with E-state index in [1.807, 2.05) is 0 Å². The quantitative estimate of drug-likeness (QED) is 0.249. The molecule has 0 radical (unpaired) electrons. The van der Waals surface area contributed by atoms with Crippen molar-refractivity contribution in [2.75, 3.05) is 21.3 Å². The highest BCUT2D eigenvalue weighted by Crippen LogP contribution is 2.33.